The van der Waals surface area contributed by atoms with Crippen LogP contribution in [0.25, 0.3) is 21.9 Å². The predicted molar refractivity (Wildman–Crippen MR) is 89.6 cm³/mol. The Hall–Kier alpha value is -1.12. The normalized spacial score (nSPS) is 12.6. The summed E-state index contributed by atoms with van der Waals surface area (Å²) in [5, 5.41) is 1.48. The van der Waals surface area contributed by atoms with Crippen LogP contribution in [-0.4, -0.2) is 18.5 Å². The number of fused-ring (bicyclic) bond motifs is 1. The van der Waals surface area contributed by atoms with Crippen molar-refractivity contribution in [2.45, 2.75) is 30.9 Å². The molecule has 0 unspecified atom stereocenters. The second-order valence-electron chi connectivity index (χ2n) is 6.66. The summed E-state index contributed by atoms with van der Waals surface area (Å²) in [6.07, 6.45) is -19.9. The summed E-state index contributed by atoms with van der Waals surface area (Å²) in [6, 6.07) is 10.7. The summed E-state index contributed by atoms with van der Waals surface area (Å²) in [4.78, 5) is 0. The zero-order chi connectivity index (χ0) is 21.8. The molecular weight excluding hydrogens is 573 g/mol. The molecule has 0 fully saturated rings. The molecule has 0 N–H and O–H groups in total. The van der Waals surface area contributed by atoms with E-state index in [0.717, 1.165) is 23.1 Å². The van der Waals surface area contributed by atoms with Crippen molar-refractivity contribution in [1.82, 2.24) is 0 Å². The fourth-order valence-corrected chi connectivity index (χ4v) is 3.51. The van der Waals surface area contributed by atoms with Crippen molar-refractivity contribution in [1.29, 1.82) is 0 Å². The number of alkyl halides is 9. The molecule has 0 heterocycles. The second kappa shape index (κ2) is 10.0. The molecule has 3 aromatic carbocycles. The van der Waals surface area contributed by atoms with Crippen molar-refractivity contribution in [3.8, 4) is 11.1 Å². The number of rotatable bonds is 2. The maximum Gasteiger partial charge on any atom is 3.00 e. The third-order valence-corrected chi connectivity index (χ3v) is 4.80. The molecule has 0 aromatic heterocycles. The van der Waals surface area contributed by atoms with Gasteiger partial charge in [0.15, 0.2) is 0 Å². The molecule has 0 bridgehead atoms. The molecule has 0 aliphatic rings. The first-order valence-electron chi connectivity index (χ1n) is 8.17. The third kappa shape index (κ3) is 4.87. The number of halogens is 11. The van der Waals surface area contributed by atoms with Crippen LogP contribution in [-0.2, 0) is 31.6 Å². The summed E-state index contributed by atoms with van der Waals surface area (Å²) in [7, 11) is 0. The van der Waals surface area contributed by atoms with Crippen molar-refractivity contribution < 1.29 is 90.5 Å². The summed E-state index contributed by atoms with van der Waals surface area (Å²) >= 11 is 0. The molecule has 0 aliphatic carbocycles. The maximum absolute atomic E-state index is 13.2. The number of hydrogen-bond donors (Lipinski definition) is 0. The van der Waals surface area contributed by atoms with E-state index in [2.05, 4.69) is 0 Å². The van der Waals surface area contributed by atoms with E-state index in [1.807, 2.05) is 6.07 Å². The molecule has 0 amide bonds. The summed E-state index contributed by atoms with van der Waals surface area (Å²) < 4.78 is 119. The molecule has 0 saturated heterocycles. The van der Waals surface area contributed by atoms with Gasteiger partial charge in [-0.15, -0.1) is 34.5 Å². The Morgan fingerprint density at radius 1 is 0.688 bits per heavy atom. The van der Waals surface area contributed by atoms with Gasteiger partial charge in [-0.05, 0) is 11.1 Å². The van der Waals surface area contributed by atoms with Crippen molar-refractivity contribution >= 4 is 10.8 Å². The SMILES string of the molecule is Cc1cc2c(-c3ccc(C(C(F)(F)F)(C(F)(F)F)C(F)(F)F)cc3)cccc2[cH-]1.[Cl-].[Cl-].[Zr+3]. The van der Waals surface area contributed by atoms with Crippen LogP contribution in [0.5, 0.6) is 0 Å². The van der Waals surface area contributed by atoms with E-state index in [4.69, 9.17) is 0 Å². The Kier molecular flexibility index (Phi) is 9.67. The molecule has 3 rings (SSSR count). The van der Waals surface area contributed by atoms with Gasteiger partial charge in [0, 0.05) is 0 Å². The van der Waals surface area contributed by atoms with Crippen molar-refractivity contribution in [2.24, 2.45) is 0 Å². The van der Waals surface area contributed by atoms with Gasteiger partial charge in [0.25, 0.3) is 5.41 Å². The molecule has 1 radical (unpaired) electrons. The van der Waals surface area contributed by atoms with Gasteiger partial charge >= 0.3 is 44.7 Å². The Balaban J connectivity index is 0.00000320. The van der Waals surface area contributed by atoms with Gasteiger partial charge in [0.05, 0.1) is 0 Å². The Bertz CT molecular complexity index is 996. The summed E-state index contributed by atoms with van der Waals surface area (Å²) in [5.74, 6) is 0. The van der Waals surface area contributed by atoms with Crippen LogP contribution in [0, 0.1) is 6.92 Å². The van der Waals surface area contributed by atoms with Crippen LogP contribution in [0.15, 0.2) is 54.6 Å². The molecule has 0 spiro atoms. The molecule has 0 aliphatic heterocycles. The van der Waals surface area contributed by atoms with Crippen molar-refractivity contribution in [3.05, 3.63) is 65.7 Å². The zero-order valence-electron chi connectivity index (χ0n) is 15.9. The quantitative estimate of drug-likeness (QED) is 0.316. The Morgan fingerprint density at radius 2 is 1.16 bits per heavy atom. The van der Waals surface area contributed by atoms with E-state index in [0.29, 0.717) is 10.9 Å². The molecule has 32 heavy (non-hydrogen) atoms. The standard InChI is InChI=1S/C20H12F9.2ClH.Zr/c1-11-9-13-3-2-4-15(16(13)10-11)12-5-7-14(8-6-12)17(18(21,22)23,19(24,25)26)20(27,28)29;;;/h2-10H,1H3;2*1H;/q-1;;;+3/p-2. The van der Waals surface area contributed by atoms with Gasteiger partial charge in [-0.2, -0.15) is 45.6 Å². The van der Waals surface area contributed by atoms with E-state index in [1.165, 1.54) is 0 Å². The summed E-state index contributed by atoms with van der Waals surface area (Å²) in [5.41, 5.74) is -6.34. The van der Waals surface area contributed by atoms with Crippen LogP contribution >= 0.6 is 0 Å². The molecule has 0 nitrogen and oxygen atoms in total. The predicted octanol–water partition coefficient (Wildman–Crippen LogP) is 1.46. The van der Waals surface area contributed by atoms with E-state index in [-0.39, 0.29) is 68.7 Å². The maximum atomic E-state index is 13.2. The average Bonchev–Trinajstić information content (AvgIpc) is 2.92. The van der Waals surface area contributed by atoms with E-state index < -0.39 is 29.5 Å². The van der Waals surface area contributed by atoms with Crippen molar-refractivity contribution in [3.63, 3.8) is 0 Å². The first-order valence-corrected chi connectivity index (χ1v) is 8.17. The fourth-order valence-electron chi connectivity index (χ4n) is 3.51. The molecule has 3 aromatic rings. The molecule has 173 valence electrons. The number of benzene rings is 2. The average molecular weight is 585 g/mol. The van der Waals surface area contributed by atoms with Gasteiger partial charge in [0.2, 0.25) is 0 Å². The van der Waals surface area contributed by atoms with Gasteiger partial charge in [-0.3, -0.25) is 0 Å². The largest absolute Gasteiger partial charge is 3.00 e. The van der Waals surface area contributed by atoms with Gasteiger partial charge in [-0.1, -0.05) is 42.8 Å². The van der Waals surface area contributed by atoms with E-state index >= 15 is 0 Å². The van der Waals surface area contributed by atoms with Crippen LogP contribution in [0.3, 0.4) is 0 Å². The topological polar surface area (TPSA) is 0 Å². The summed E-state index contributed by atoms with van der Waals surface area (Å²) in [6.45, 7) is 1.80. The molecule has 12 heteroatoms. The molecule has 0 atom stereocenters. The Morgan fingerprint density at radius 3 is 1.59 bits per heavy atom. The smallest absolute Gasteiger partial charge is 1.00 e. The van der Waals surface area contributed by atoms with Crippen LogP contribution in [0.2, 0.25) is 0 Å². The van der Waals surface area contributed by atoms with Crippen LogP contribution in [0.1, 0.15) is 11.1 Å². The number of hydrogen-bond acceptors (Lipinski definition) is 0. The van der Waals surface area contributed by atoms with Crippen LogP contribution < -0.4 is 24.8 Å². The zero-order valence-corrected chi connectivity index (χ0v) is 19.8. The fraction of sp³-hybridized carbons (Fsp3) is 0.250. The van der Waals surface area contributed by atoms with Gasteiger partial charge in [-0.25, -0.2) is 0 Å². The van der Waals surface area contributed by atoms with Gasteiger partial charge < -0.3 is 24.8 Å². The third-order valence-electron chi connectivity index (χ3n) is 4.80. The Labute approximate surface area is 208 Å². The molecule has 0 saturated carbocycles. The minimum Gasteiger partial charge on any atom is -1.00 e. The van der Waals surface area contributed by atoms with Crippen LogP contribution in [0.4, 0.5) is 39.5 Å². The molecular formula is C20H12Cl2F9Zr. The monoisotopic (exact) mass is 583 g/mol. The van der Waals surface area contributed by atoms with Crippen molar-refractivity contribution in [2.75, 3.05) is 0 Å². The first-order chi connectivity index (χ1) is 13.2. The minimum absolute atomic E-state index is 0. The second-order valence-corrected chi connectivity index (χ2v) is 6.66. The van der Waals surface area contributed by atoms with E-state index in [1.54, 1.807) is 31.2 Å². The van der Waals surface area contributed by atoms with E-state index in [9.17, 15) is 39.5 Å². The minimum atomic E-state index is -6.63. The van der Waals surface area contributed by atoms with Gasteiger partial charge in [0.1, 0.15) is 0 Å². The first kappa shape index (κ1) is 30.9. The number of aryl methyl sites for hydroxylation is 1.